The monoisotopic (exact) mass is 574 g/mol. The van der Waals surface area contributed by atoms with Crippen molar-refractivity contribution in [1.82, 2.24) is 9.88 Å². The number of benzene rings is 2. The van der Waals surface area contributed by atoms with Gasteiger partial charge in [0.15, 0.2) is 0 Å². The summed E-state index contributed by atoms with van der Waals surface area (Å²) in [5.41, 5.74) is 2.33. The number of amides is 1. The fourth-order valence-corrected chi connectivity index (χ4v) is 5.36. The van der Waals surface area contributed by atoms with Gasteiger partial charge in [0.1, 0.15) is 5.01 Å². The molecule has 0 fully saturated rings. The Kier molecular flexibility index (Phi) is 12.2. The molecule has 2 aromatic carbocycles. The van der Waals surface area contributed by atoms with Gasteiger partial charge >= 0.3 is 18.1 Å². The minimum absolute atomic E-state index is 0.00809. The second-order valence-electron chi connectivity index (χ2n) is 10.1. The predicted octanol–water partition coefficient (Wildman–Crippen LogP) is 8.52. The average Bonchev–Trinajstić information content (AvgIpc) is 3.40. The maximum atomic E-state index is 12.9. The van der Waals surface area contributed by atoms with E-state index in [1.807, 2.05) is 24.3 Å². The Labute approximate surface area is 238 Å². The Hall–Kier alpha value is -3.20. The number of aromatic nitrogens is 1. The van der Waals surface area contributed by atoms with Crippen molar-refractivity contribution in [3.63, 3.8) is 0 Å². The van der Waals surface area contributed by atoms with E-state index in [0.717, 1.165) is 46.1 Å². The lowest BCUT2D eigenvalue weighted by Crippen LogP contribution is -2.35. The van der Waals surface area contributed by atoms with E-state index in [1.165, 1.54) is 63.5 Å². The third-order valence-electron chi connectivity index (χ3n) is 6.79. The summed E-state index contributed by atoms with van der Waals surface area (Å²) in [6.45, 7) is 2.12. The number of carbonyl (C=O) groups is 2. The minimum atomic E-state index is -4.47. The SMILES string of the molecule is CCCCCCCCCCCc1csc(-c2ccc(CN(Cc3ccc(C(F)(F)F)cc3)C(=O)C(=O)O)cc2)n1. The van der Waals surface area contributed by atoms with Crippen LogP contribution >= 0.6 is 11.3 Å². The molecule has 40 heavy (non-hydrogen) atoms. The Bertz CT molecular complexity index is 1210. The first-order valence-electron chi connectivity index (χ1n) is 13.9. The van der Waals surface area contributed by atoms with Crippen molar-refractivity contribution in [1.29, 1.82) is 0 Å². The maximum Gasteiger partial charge on any atom is 0.416 e. The van der Waals surface area contributed by atoms with Crippen molar-refractivity contribution >= 4 is 23.2 Å². The van der Waals surface area contributed by atoms with Crippen molar-refractivity contribution in [2.75, 3.05) is 0 Å². The van der Waals surface area contributed by atoms with E-state index in [9.17, 15) is 27.9 Å². The van der Waals surface area contributed by atoms with Crippen molar-refractivity contribution in [3.8, 4) is 10.6 Å². The lowest BCUT2D eigenvalue weighted by Gasteiger charge is -2.21. The van der Waals surface area contributed by atoms with Crippen LogP contribution in [0.4, 0.5) is 13.2 Å². The van der Waals surface area contributed by atoms with Gasteiger partial charge in [0.2, 0.25) is 0 Å². The largest absolute Gasteiger partial charge is 0.474 e. The summed E-state index contributed by atoms with van der Waals surface area (Å²) in [4.78, 5) is 29.6. The molecule has 0 bridgehead atoms. The number of hydrogen-bond donors (Lipinski definition) is 1. The number of unbranched alkanes of at least 4 members (excludes halogenated alkanes) is 8. The van der Waals surface area contributed by atoms with Crippen LogP contribution in [0.2, 0.25) is 0 Å². The van der Waals surface area contributed by atoms with Crippen LogP contribution in [0.5, 0.6) is 0 Å². The molecule has 0 aliphatic carbocycles. The summed E-state index contributed by atoms with van der Waals surface area (Å²) >= 11 is 1.58. The number of nitrogens with zero attached hydrogens (tertiary/aromatic N) is 2. The van der Waals surface area contributed by atoms with Gasteiger partial charge in [0.05, 0.1) is 11.3 Å². The molecule has 1 N–H and O–H groups in total. The second kappa shape index (κ2) is 15.6. The zero-order valence-corrected chi connectivity index (χ0v) is 23.7. The van der Waals surface area contributed by atoms with E-state index < -0.39 is 23.6 Å². The molecular weight excluding hydrogens is 537 g/mol. The number of aryl methyl sites for hydroxylation is 1. The van der Waals surface area contributed by atoms with Gasteiger partial charge in [-0.1, -0.05) is 94.7 Å². The molecule has 0 atom stereocenters. The highest BCUT2D eigenvalue weighted by Crippen LogP contribution is 2.29. The number of carboxylic acids is 1. The summed E-state index contributed by atoms with van der Waals surface area (Å²) in [6, 6.07) is 11.7. The van der Waals surface area contributed by atoms with Crippen LogP contribution in [0.1, 0.15) is 87.1 Å². The fraction of sp³-hybridized carbons (Fsp3) is 0.452. The van der Waals surface area contributed by atoms with Crippen molar-refractivity contribution in [2.24, 2.45) is 0 Å². The van der Waals surface area contributed by atoms with Gasteiger partial charge in [0.25, 0.3) is 0 Å². The molecule has 9 heteroatoms. The summed E-state index contributed by atoms with van der Waals surface area (Å²) in [7, 11) is 0. The molecule has 0 saturated carbocycles. The van der Waals surface area contributed by atoms with E-state index >= 15 is 0 Å². The molecule has 0 saturated heterocycles. The van der Waals surface area contributed by atoms with Gasteiger partial charge in [-0.25, -0.2) is 9.78 Å². The number of thiazole rings is 1. The molecule has 0 aliphatic rings. The summed E-state index contributed by atoms with van der Waals surface area (Å²) in [6.07, 6.45) is 8.04. The molecule has 5 nitrogen and oxygen atoms in total. The molecule has 216 valence electrons. The number of alkyl halides is 3. The standard InChI is InChI=1S/C31H37F3N2O3S/c1-2-3-4-5-6-7-8-9-10-11-27-22-40-28(35-27)25-16-12-23(13-17-25)20-36(29(37)30(38)39)21-24-14-18-26(19-15-24)31(32,33)34/h12-19,22H,2-11,20-21H2,1H3,(H,38,39). The number of halogens is 3. The van der Waals surface area contributed by atoms with Crippen molar-refractivity contribution in [3.05, 3.63) is 76.3 Å². The van der Waals surface area contributed by atoms with E-state index in [-0.39, 0.29) is 13.1 Å². The Morgan fingerprint density at radius 1 is 0.825 bits per heavy atom. The van der Waals surface area contributed by atoms with Gasteiger partial charge in [-0.05, 0) is 36.1 Å². The Balaban J connectivity index is 1.53. The van der Waals surface area contributed by atoms with Crippen LogP contribution in [0.15, 0.2) is 53.9 Å². The molecule has 0 aliphatic heterocycles. The first kappa shape index (κ1) is 31.3. The molecule has 1 aromatic heterocycles. The fourth-order valence-electron chi connectivity index (χ4n) is 4.50. The molecule has 0 radical (unpaired) electrons. The van der Waals surface area contributed by atoms with Crippen LogP contribution < -0.4 is 0 Å². The van der Waals surface area contributed by atoms with E-state index in [1.54, 1.807) is 11.3 Å². The number of carbonyl (C=O) groups excluding carboxylic acids is 1. The highest BCUT2D eigenvalue weighted by Gasteiger charge is 2.30. The minimum Gasteiger partial charge on any atom is -0.474 e. The number of carboxylic acid groups (broad SMARTS) is 1. The van der Waals surface area contributed by atoms with Gasteiger partial charge < -0.3 is 10.0 Å². The highest BCUT2D eigenvalue weighted by atomic mass is 32.1. The zero-order valence-electron chi connectivity index (χ0n) is 22.9. The summed E-state index contributed by atoms with van der Waals surface area (Å²) in [5, 5.41) is 12.2. The quantitative estimate of drug-likeness (QED) is 0.146. The zero-order chi connectivity index (χ0) is 29.0. The van der Waals surface area contributed by atoms with Crippen LogP contribution in [-0.2, 0) is 35.3 Å². The molecule has 0 spiro atoms. The lowest BCUT2D eigenvalue weighted by molar-refractivity contribution is -0.156. The number of aliphatic carboxylic acids is 1. The highest BCUT2D eigenvalue weighted by molar-refractivity contribution is 7.13. The van der Waals surface area contributed by atoms with E-state index in [4.69, 9.17) is 4.98 Å². The molecule has 0 unspecified atom stereocenters. The third-order valence-corrected chi connectivity index (χ3v) is 7.73. The van der Waals surface area contributed by atoms with Gasteiger partial charge in [-0.3, -0.25) is 4.79 Å². The van der Waals surface area contributed by atoms with Crippen molar-refractivity contribution in [2.45, 2.75) is 90.4 Å². The first-order valence-corrected chi connectivity index (χ1v) is 14.8. The number of hydrogen-bond acceptors (Lipinski definition) is 4. The van der Waals surface area contributed by atoms with Gasteiger partial charge in [-0.2, -0.15) is 13.2 Å². The Morgan fingerprint density at radius 3 is 1.88 bits per heavy atom. The summed E-state index contributed by atoms with van der Waals surface area (Å²) in [5.74, 6) is -2.74. The summed E-state index contributed by atoms with van der Waals surface area (Å²) < 4.78 is 38.6. The van der Waals surface area contributed by atoms with Crippen LogP contribution in [0.25, 0.3) is 10.6 Å². The predicted molar refractivity (Wildman–Crippen MR) is 152 cm³/mol. The molecule has 1 amide bonds. The van der Waals surface area contributed by atoms with Crippen LogP contribution in [0.3, 0.4) is 0 Å². The van der Waals surface area contributed by atoms with E-state index in [0.29, 0.717) is 11.1 Å². The van der Waals surface area contributed by atoms with E-state index in [2.05, 4.69) is 12.3 Å². The molecular formula is C31H37F3N2O3S. The Morgan fingerprint density at radius 2 is 1.35 bits per heavy atom. The normalized spacial score (nSPS) is 11.5. The average molecular weight is 575 g/mol. The molecule has 1 heterocycles. The topological polar surface area (TPSA) is 70.5 Å². The smallest absolute Gasteiger partial charge is 0.416 e. The molecule has 3 aromatic rings. The van der Waals surface area contributed by atoms with Gasteiger partial charge in [-0.15, -0.1) is 11.3 Å². The maximum absolute atomic E-state index is 12.9. The second-order valence-corrected chi connectivity index (χ2v) is 10.9. The van der Waals surface area contributed by atoms with Crippen LogP contribution in [-0.4, -0.2) is 26.9 Å². The third kappa shape index (κ3) is 10.1. The van der Waals surface area contributed by atoms with Crippen molar-refractivity contribution < 1.29 is 27.9 Å². The van der Waals surface area contributed by atoms with Crippen LogP contribution in [0, 0.1) is 0 Å². The lowest BCUT2D eigenvalue weighted by atomic mass is 10.1. The van der Waals surface area contributed by atoms with Gasteiger partial charge in [0, 0.05) is 24.0 Å². The number of rotatable bonds is 15. The molecule has 3 rings (SSSR count). The first-order chi connectivity index (χ1) is 19.2.